The van der Waals surface area contributed by atoms with Gasteiger partial charge in [0, 0.05) is 28.0 Å². The maximum atomic E-state index is 6.58. The Balaban J connectivity index is 1.59. The number of fused-ring (bicyclic) bond motifs is 3. The summed E-state index contributed by atoms with van der Waals surface area (Å²) >= 11 is 1.73. The Morgan fingerprint density at radius 1 is 1.09 bits per heavy atom. The molecule has 0 aromatic heterocycles. The van der Waals surface area contributed by atoms with Gasteiger partial charge >= 0.3 is 0 Å². The predicted octanol–water partition coefficient (Wildman–Crippen LogP) is 6.06. The number of benzene rings is 3. The normalized spacial score (nSPS) is 19.0. The lowest BCUT2D eigenvalue weighted by atomic mass is 9.95. The van der Waals surface area contributed by atoms with Gasteiger partial charge in [-0.2, -0.15) is 5.10 Å². The molecule has 0 aliphatic carbocycles. The zero-order valence-corrected chi connectivity index (χ0v) is 19.3. The fraction of sp³-hybridized carbons (Fsp3) is 0.269. The topological polar surface area (TPSA) is 43.3 Å². The molecule has 2 aliphatic heterocycles. The van der Waals surface area contributed by atoms with Crippen LogP contribution in [0.5, 0.6) is 17.2 Å². The summed E-state index contributed by atoms with van der Waals surface area (Å²) in [4.78, 5) is 1.22. The first kappa shape index (κ1) is 20.8. The third-order valence-electron chi connectivity index (χ3n) is 5.88. The molecule has 0 N–H and O–H groups in total. The summed E-state index contributed by atoms with van der Waals surface area (Å²) in [6.07, 6.45) is 2.55. The molecule has 3 aromatic rings. The van der Waals surface area contributed by atoms with E-state index in [2.05, 4.69) is 47.7 Å². The maximum Gasteiger partial charge on any atom is 0.214 e. The minimum Gasteiger partial charge on any atom is -0.497 e. The van der Waals surface area contributed by atoms with Gasteiger partial charge in [-0.25, -0.2) is 5.01 Å². The average Bonchev–Trinajstić information content (AvgIpc) is 3.30. The Bertz CT molecular complexity index is 1150. The number of rotatable bonds is 6. The molecule has 0 spiro atoms. The summed E-state index contributed by atoms with van der Waals surface area (Å²) in [6, 6.07) is 22.8. The Kier molecular flexibility index (Phi) is 5.70. The van der Waals surface area contributed by atoms with E-state index in [-0.39, 0.29) is 12.3 Å². The highest BCUT2D eigenvalue weighted by molar-refractivity contribution is 7.98. The maximum absolute atomic E-state index is 6.58. The summed E-state index contributed by atoms with van der Waals surface area (Å²) in [5.74, 6) is 2.43. The highest BCUT2D eigenvalue weighted by atomic mass is 32.2. The van der Waals surface area contributed by atoms with Crippen molar-refractivity contribution in [1.82, 2.24) is 5.01 Å². The standard InChI is InChI=1S/C26H26N2O3S/c1-4-30-24-10-6-9-21-23-16-22(18-7-5-8-19(15-18)29-2)27-28(23)26(31-25(21)24)17-11-13-20(32-3)14-12-17/h5-15,23,26H,4,16H2,1-3H3/t23-,26-/m0/s1. The number of nitrogens with zero attached hydrogens (tertiary/aromatic N) is 2. The van der Waals surface area contributed by atoms with Crippen LogP contribution in [-0.2, 0) is 0 Å². The van der Waals surface area contributed by atoms with E-state index in [1.807, 2.05) is 37.3 Å². The largest absolute Gasteiger partial charge is 0.497 e. The molecule has 0 saturated heterocycles. The molecule has 5 rings (SSSR count). The summed E-state index contributed by atoms with van der Waals surface area (Å²) in [7, 11) is 1.69. The molecule has 0 bridgehead atoms. The number of ether oxygens (including phenoxy) is 3. The Morgan fingerprint density at radius 2 is 1.91 bits per heavy atom. The van der Waals surface area contributed by atoms with Crippen molar-refractivity contribution in [2.75, 3.05) is 20.0 Å². The second-order valence-corrected chi connectivity index (χ2v) is 8.61. The third-order valence-corrected chi connectivity index (χ3v) is 6.63. The van der Waals surface area contributed by atoms with E-state index in [1.165, 1.54) is 4.90 Å². The molecule has 0 amide bonds. The molecule has 164 valence electrons. The van der Waals surface area contributed by atoms with Crippen LogP contribution in [0.1, 0.15) is 42.3 Å². The summed E-state index contributed by atoms with van der Waals surface area (Å²) in [5.41, 5.74) is 4.27. The summed E-state index contributed by atoms with van der Waals surface area (Å²) < 4.78 is 17.9. The van der Waals surface area contributed by atoms with Crippen LogP contribution in [0.3, 0.4) is 0 Å². The molecule has 0 unspecified atom stereocenters. The Labute approximate surface area is 193 Å². The second-order valence-electron chi connectivity index (χ2n) is 7.73. The number of hydrogen-bond acceptors (Lipinski definition) is 6. The smallest absolute Gasteiger partial charge is 0.214 e. The van der Waals surface area contributed by atoms with Crippen LogP contribution >= 0.6 is 11.8 Å². The number of hydrazone groups is 1. The third kappa shape index (κ3) is 3.69. The average molecular weight is 447 g/mol. The fourth-order valence-electron chi connectivity index (χ4n) is 4.32. The molecule has 2 aliphatic rings. The molecular weight excluding hydrogens is 420 g/mol. The van der Waals surface area contributed by atoms with Gasteiger partial charge in [0.15, 0.2) is 11.5 Å². The fourth-order valence-corrected chi connectivity index (χ4v) is 4.73. The van der Waals surface area contributed by atoms with Crippen LogP contribution in [0.2, 0.25) is 0 Å². The molecule has 0 saturated carbocycles. The molecule has 0 fully saturated rings. The monoisotopic (exact) mass is 446 g/mol. The van der Waals surface area contributed by atoms with Gasteiger partial charge in [-0.1, -0.05) is 36.4 Å². The molecule has 3 aromatic carbocycles. The van der Waals surface area contributed by atoms with Gasteiger partial charge in [-0.15, -0.1) is 11.8 Å². The van der Waals surface area contributed by atoms with Crippen molar-refractivity contribution in [2.24, 2.45) is 5.10 Å². The van der Waals surface area contributed by atoms with E-state index in [0.717, 1.165) is 46.1 Å². The van der Waals surface area contributed by atoms with Gasteiger partial charge in [0.1, 0.15) is 5.75 Å². The van der Waals surface area contributed by atoms with Crippen molar-refractivity contribution >= 4 is 17.5 Å². The van der Waals surface area contributed by atoms with Crippen molar-refractivity contribution in [3.05, 3.63) is 83.4 Å². The first-order chi connectivity index (χ1) is 15.7. The van der Waals surface area contributed by atoms with Crippen LogP contribution < -0.4 is 14.2 Å². The lowest BCUT2D eigenvalue weighted by Crippen LogP contribution is -2.33. The Morgan fingerprint density at radius 3 is 2.66 bits per heavy atom. The van der Waals surface area contributed by atoms with Gasteiger partial charge in [-0.3, -0.25) is 0 Å². The van der Waals surface area contributed by atoms with Crippen LogP contribution in [0.25, 0.3) is 0 Å². The van der Waals surface area contributed by atoms with E-state index >= 15 is 0 Å². The Hall–Kier alpha value is -3.12. The van der Waals surface area contributed by atoms with Crippen LogP contribution in [0.15, 0.2) is 76.7 Å². The van der Waals surface area contributed by atoms with Crippen LogP contribution in [-0.4, -0.2) is 30.7 Å². The number of hydrogen-bond donors (Lipinski definition) is 0. The second kappa shape index (κ2) is 8.79. The minimum absolute atomic E-state index is 0.0746. The highest BCUT2D eigenvalue weighted by Gasteiger charge is 2.42. The molecule has 5 nitrogen and oxygen atoms in total. The van der Waals surface area contributed by atoms with Crippen molar-refractivity contribution in [1.29, 1.82) is 0 Å². The molecule has 0 radical (unpaired) electrons. The summed E-state index contributed by atoms with van der Waals surface area (Å²) in [5, 5.41) is 7.15. The minimum atomic E-state index is -0.326. The quantitative estimate of drug-likeness (QED) is 0.431. The van der Waals surface area contributed by atoms with Gasteiger partial charge in [0.05, 0.1) is 25.5 Å². The number of thioether (sulfide) groups is 1. The molecule has 2 heterocycles. The predicted molar refractivity (Wildman–Crippen MR) is 128 cm³/mol. The van der Waals surface area contributed by atoms with Crippen molar-refractivity contribution in [3.63, 3.8) is 0 Å². The van der Waals surface area contributed by atoms with E-state index in [1.54, 1.807) is 18.9 Å². The molecule has 6 heteroatoms. The van der Waals surface area contributed by atoms with Crippen molar-refractivity contribution in [2.45, 2.75) is 30.5 Å². The van der Waals surface area contributed by atoms with Gasteiger partial charge in [0.25, 0.3) is 0 Å². The lowest BCUT2D eigenvalue weighted by molar-refractivity contribution is -0.0212. The number of methoxy groups -OCH3 is 1. The lowest BCUT2D eigenvalue weighted by Gasteiger charge is -2.38. The molecule has 2 atom stereocenters. The molecule has 32 heavy (non-hydrogen) atoms. The SMILES string of the molecule is CCOc1cccc2c1O[C@@H](c1ccc(SC)cc1)N1N=C(c3cccc(OC)c3)C[C@@H]21. The van der Waals surface area contributed by atoms with Crippen LogP contribution in [0.4, 0.5) is 0 Å². The van der Waals surface area contributed by atoms with Gasteiger partial charge < -0.3 is 14.2 Å². The zero-order valence-electron chi connectivity index (χ0n) is 18.4. The van der Waals surface area contributed by atoms with Crippen molar-refractivity contribution in [3.8, 4) is 17.2 Å². The van der Waals surface area contributed by atoms with Gasteiger partial charge in [-0.05, 0) is 43.5 Å². The zero-order chi connectivity index (χ0) is 22.1. The highest BCUT2D eigenvalue weighted by Crippen LogP contribution is 2.50. The first-order valence-corrected chi connectivity index (χ1v) is 12.0. The van der Waals surface area contributed by atoms with E-state index in [9.17, 15) is 0 Å². The first-order valence-electron chi connectivity index (χ1n) is 10.8. The van der Waals surface area contributed by atoms with E-state index < -0.39 is 0 Å². The van der Waals surface area contributed by atoms with E-state index in [0.29, 0.717) is 6.61 Å². The van der Waals surface area contributed by atoms with Crippen molar-refractivity contribution < 1.29 is 14.2 Å². The van der Waals surface area contributed by atoms with Crippen LogP contribution in [0, 0.1) is 0 Å². The molecular formula is C26H26N2O3S. The van der Waals surface area contributed by atoms with E-state index in [4.69, 9.17) is 19.3 Å². The summed E-state index contributed by atoms with van der Waals surface area (Å²) in [6.45, 7) is 2.58. The number of para-hydroxylation sites is 1. The van der Waals surface area contributed by atoms with Gasteiger partial charge in [0.2, 0.25) is 6.23 Å².